The van der Waals surface area contributed by atoms with Gasteiger partial charge in [-0.2, -0.15) is 0 Å². The molecule has 17 heavy (non-hydrogen) atoms. The number of nitrogens with one attached hydrogen (secondary N) is 1. The lowest BCUT2D eigenvalue weighted by molar-refractivity contribution is 0.0949. The van der Waals surface area contributed by atoms with Crippen molar-refractivity contribution in [2.45, 2.75) is 26.2 Å². The number of thiophene rings is 1. The van der Waals surface area contributed by atoms with Crippen LogP contribution in [0.3, 0.4) is 0 Å². The Morgan fingerprint density at radius 2 is 2.24 bits per heavy atom. The van der Waals surface area contributed by atoms with E-state index in [9.17, 15) is 4.79 Å². The van der Waals surface area contributed by atoms with Gasteiger partial charge < -0.3 is 5.32 Å². The molecule has 1 heterocycles. The second-order valence-corrected chi connectivity index (χ2v) is 6.32. The van der Waals surface area contributed by atoms with Crippen LogP contribution < -0.4 is 5.32 Å². The molecule has 0 aliphatic heterocycles. The second kappa shape index (κ2) is 5.87. The molecule has 1 aromatic heterocycles. The van der Waals surface area contributed by atoms with Crippen LogP contribution in [0.1, 0.15) is 33.8 Å². The van der Waals surface area contributed by atoms with Crippen LogP contribution in [0.2, 0.25) is 0 Å². The summed E-state index contributed by atoms with van der Waals surface area (Å²) in [5.41, 5.74) is 0. The summed E-state index contributed by atoms with van der Waals surface area (Å²) in [7, 11) is 0. The molecule has 2 atom stereocenters. The maximum atomic E-state index is 11.9. The summed E-state index contributed by atoms with van der Waals surface area (Å²) in [5.74, 6) is 1.93. The van der Waals surface area contributed by atoms with E-state index in [4.69, 9.17) is 11.6 Å². The molecule has 0 bridgehead atoms. The van der Waals surface area contributed by atoms with Crippen LogP contribution in [0.4, 0.5) is 0 Å². The van der Waals surface area contributed by atoms with Crippen molar-refractivity contribution in [2.75, 3.05) is 12.4 Å². The fraction of sp³-hybridized carbons (Fsp3) is 0.615. The fourth-order valence-corrected chi connectivity index (χ4v) is 3.64. The van der Waals surface area contributed by atoms with E-state index in [1.165, 1.54) is 24.1 Å². The smallest absolute Gasteiger partial charge is 0.261 e. The largest absolute Gasteiger partial charge is 0.351 e. The minimum absolute atomic E-state index is 0.0586. The first kappa shape index (κ1) is 12.9. The van der Waals surface area contributed by atoms with Crippen molar-refractivity contribution in [2.24, 2.45) is 11.8 Å². The number of amides is 1. The van der Waals surface area contributed by atoms with Crippen LogP contribution in [-0.4, -0.2) is 18.3 Å². The van der Waals surface area contributed by atoms with Crippen LogP contribution in [0.25, 0.3) is 0 Å². The van der Waals surface area contributed by atoms with E-state index in [0.717, 1.165) is 17.3 Å². The van der Waals surface area contributed by atoms with E-state index in [1.807, 2.05) is 19.1 Å². The van der Waals surface area contributed by atoms with Gasteiger partial charge in [0.05, 0.1) is 4.88 Å². The van der Waals surface area contributed by atoms with Crippen LogP contribution in [0, 0.1) is 18.8 Å². The standard InChI is InChI=1S/C13H18ClNOS/c1-9-5-6-12(17-9)13(16)15-8-11-4-2-3-10(11)7-14/h5-6,10-11H,2-4,7-8H2,1H3,(H,15,16). The number of hydrogen-bond acceptors (Lipinski definition) is 2. The predicted octanol–water partition coefficient (Wildman–Crippen LogP) is 3.44. The van der Waals surface area contributed by atoms with Crippen molar-refractivity contribution in [1.29, 1.82) is 0 Å². The van der Waals surface area contributed by atoms with E-state index in [0.29, 0.717) is 11.8 Å². The van der Waals surface area contributed by atoms with E-state index >= 15 is 0 Å². The summed E-state index contributed by atoms with van der Waals surface area (Å²) in [6.07, 6.45) is 3.65. The highest BCUT2D eigenvalue weighted by Gasteiger charge is 2.26. The molecular weight excluding hydrogens is 254 g/mol. The van der Waals surface area contributed by atoms with Crippen LogP contribution in [0.15, 0.2) is 12.1 Å². The van der Waals surface area contributed by atoms with Gasteiger partial charge in [0.15, 0.2) is 0 Å². The van der Waals surface area contributed by atoms with Crippen LogP contribution in [0.5, 0.6) is 0 Å². The molecule has 4 heteroatoms. The highest BCUT2D eigenvalue weighted by molar-refractivity contribution is 7.13. The SMILES string of the molecule is Cc1ccc(C(=O)NCC2CCCC2CCl)s1. The Labute approximate surface area is 111 Å². The number of halogens is 1. The van der Waals surface area contributed by atoms with Gasteiger partial charge in [-0.05, 0) is 43.7 Å². The normalized spacial score (nSPS) is 23.9. The molecule has 1 N–H and O–H groups in total. The van der Waals surface area contributed by atoms with Gasteiger partial charge in [0.2, 0.25) is 0 Å². The number of hydrogen-bond donors (Lipinski definition) is 1. The lowest BCUT2D eigenvalue weighted by Crippen LogP contribution is -2.30. The van der Waals surface area contributed by atoms with Gasteiger partial charge >= 0.3 is 0 Å². The first-order chi connectivity index (χ1) is 8.20. The molecule has 0 radical (unpaired) electrons. The highest BCUT2D eigenvalue weighted by atomic mass is 35.5. The number of aryl methyl sites for hydroxylation is 1. The third kappa shape index (κ3) is 3.23. The molecule has 2 nitrogen and oxygen atoms in total. The zero-order valence-corrected chi connectivity index (χ0v) is 11.6. The second-order valence-electron chi connectivity index (χ2n) is 4.73. The van der Waals surface area contributed by atoms with E-state index in [-0.39, 0.29) is 5.91 Å². The van der Waals surface area contributed by atoms with E-state index in [1.54, 1.807) is 11.3 Å². The Bertz CT molecular complexity index is 391. The van der Waals surface area contributed by atoms with Crippen LogP contribution >= 0.6 is 22.9 Å². The molecule has 1 fully saturated rings. The Morgan fingerprint density at radius 3 is 2.88 bits per heavy atom. The van der Waals surface area contributed by atoms with Gasteiger partial charge in [-0.15, -0.1) is 22.9 Å². The number of carbonyl (C=O) groups excluding carboxylic acids is 1. The Balaban J connectivity index is 1.84. The van der Waals surface area contributed by atoms with Gasteiger partial charge in [0.1, 0.15) is 0 Å². The third-order valence-corrected chi connectivity index (χ3v) is 4.90. The van der Waals surface area contributed by atoms with Crippen molar-refractivity contribution in [3.05, 3.63) is 21.9 Å². The lowest BCUT2D eigenvalue weighted by Gasteiger charge is -2.17. The van der Waals surface area contributed by atoms with Gasteiger partial charge in [0, 0.05) is 17.3 Å². The maximum absolute atomic E-state index is 11.9. The molecule has 0 aromatic carbocycles. The van der Waals surface area contributed by atoms with Crippen molar-refractivity contribution in [3.63, 3.8) is 0 Å². The zero-order chi connectivity index (χ0) is 12.3. The first-order valence-electron chi connectivity index (χ1n) is 6.11. The number of alkyl halides is 1. The molecule has 94 valence electrons. The molecule has 1 aliphatic carbocycles. The Kier molecular flexibility index (Phi) is 4.46. The van der Waals surface area contributed by atoms with Crippen molar-refractivity contribution < 1.29 is 4.79 Å². The summed E-state index contributed by atoms with van der Waals surface area (Å²) >= 11 is 7.47. The maximum Gasteiger partial charge on any atom is 0.261 e. The lowest BCUT2D eigenvalue weighted by atomic mass is 9.98. The molecule has 1 aromatic rings. The molecule has 1 amide bonds. The Morgan fingerprint density at radius 1 is 1.47 bits per heavy atom. The van der Waals surface area contributed by atoms with E-state index in [2.05, 4.69) is 5.32 Å². The molecule has 2 unspecified atom stereocenters. The molecule has 1 saturated carbocycles. The average Bonchev–Trinajstić information content (AvgIpc) is 2.94. The Hall–Kier alpha value is -0.540. The quantitative estimate of drug-likeness (QED) is 0.835. The van der Waals surface area contributed by atoms with E-state index < -0.39 is 0 Å². The fourth-order valence-electron chi connectivity index (χ4n) is 2.45. The summed E-state index contributed by atoms with van der Waals surface area (Å²) in [6, 6.07) is 3.87. The highest BCUT2D eigenvalue weighted by Crippen LogP contribution is 2.32. The summed E-state index contributed by atoms with van der Waals surface area (Å²) in [4.78, 5) is 13.9. The minimum Gasteiger partial charge on any atom is -0.351 e. The monoisotopic (exact) mass is 271 g/mol. The van der Waals surface area contributed by atoms with Crippen LogP contribution in [-0.2, 0) is 0 Å². The minimum atomic E-state index is 0.0586. The predicted molar refractivity (Wildman–Crippen MR) is 72.9 cm³/mol. The summed E-state index contributed by atoms with van der Waals surface area (Å²) in [6.45, 7) is 2.79. The molecular formula is C13H18ClNOS. The molecule has 0 saturated heterocycles. The van der Waals surface area contributed by atoms with Crippen molar-refractivity contribution in [1.82, 2.24) is 5.32 Å². The summed E-state index contributed by atoms with van der Waals surface area (Å²) < 4.78 is 0. The first-order valence-corrected chi connectivity index (χ1v) is 7.46. The third-order valence-electron chi connectivity index (χ3n) is 3.50. The topological polar surface area (TPSA) is 29.1 Å². The van der Waals surface area contributed by atoms with Gasteiger partial charge in [-0.25, -0.2) is 0 Å². The van der Waals surface area contributed by atoms with Gasteiger partial charge in [0.25, 0.3) is 5.91 Å². The van der Waals surface area contributed by atoms with Crippen molar-refractivity contribution >= 4 is 28.8 Å². The molecule has 1 aliphatic rings. The molecule has 2 rings (SSSR count). The van der Waals surface area contributed by atoms with Gasteiger partial charge in [-0.1, -0.05) is 6.42 Å². The average molecular weight is 272 g/mol. The number of rotatable bonds is 4. The van der Waals surface area contributed by atoms with Crippen molar-refractivity contribution in [3.8, 4) is 0 Å². The number of carbonyl (C=O) groups is 1. The van der Waals surface area contributed by atoms with Gasteiger partial charge in [-0.3, -0.25) is 4.79 Å². The zero-order valence-electron chi connectivity index (χ0n) is 10.0. The molecule has 0 spiro atoms. The summed E-state index contributed by atoms with van der Waals surface area (Å²) in [5, 5.41) is 3.03.